The molecule has 0 amide bonds. The van der Waals surface area contributed by atoms with E-state index in [0.29, 0.717) is 6.54 Å². The van der Waals surface area contributed by atoms with Gasteiger partial charge in [0.2, 0.25) is 0 Å². The number of aromatic nitrogens is 1. The maximum Gasteiger partial charge on any atom is 0.0544 e. The molecule has 2 heterocycles. The Labute approximate surface area is 104 Å². The van der Waals surface area contributed by atoms with E-state index in [9.17, 15) is 0 Å². The van der Waals surface area contributed by atoms with Gasteiger partial charge in [-0.25, -0.2) is 0 Å². The van der Waals surface area contributed by atoms with Gasteiger partial charge in [-0.2, -0.15) is 0 Å². The Hall–Kier alpha value is -0.930. The zero-order chi connectivity index (χ0) is 12.3. The van der Waals surface area contributed by atoms with Crippen LogP contribution in [0.4, 0.5) is 0 Å². The minimum Gasteiger partial charge on any atom is -0.326 e. The fraction of sp³-hybridized carbons (Fsp3) is 0.643. The molecule has 1 saturated heterocycles. The molecule has 3 heteroatoms. The average molecular weight is 233 g/mol. The molecule has 0 saturated carbocycles. The zero-order valence-corrected chi connectivity index (χ0v) is 10.9. The van der Waals surface area contributed by atoms with Crippen LogP contribution in [0, 0.1) is 5.92 Å². The molecule has 1 aliphatic rings. The van der Waals surface area contributed by atoms with Crippen LogP contribution in [0.25, 0.3) is 0 Å². The Kier molecular flexibility index (Phi) is 4.13. The van der Waals surface area contributed by atoms with E-state index in [4.69, 9.17) is 5.73 Å². The summed E-state index contributed by atoms with van der Waals surface area (Å²) < 4.78 is 0. The van der Waals surface area contributed by atoms with Gasteiger partial charge >= 0.3 is 0 Å². The smallest absolute Gasteiger partial charge is 0.0544 e. The van der Waals surface area contributed by atoms with Crippen LogP contribution in [0.15, 0.2) is 18.3 Å². The quantitative estimate of drug-likeness (QED) is 0.866. The highest BCUT2D eigenvalue weighted by Crippen LogP contribution is 2.25. The van der Waals surface area contributed by atoms with E-state index in [1.807, 2.05) is 6.20 Å². The monoisotopic (exact) mass is 233 g/mol. The van der Waals surface area contributed by atoms with E-state index in [1.54, 1.807) is 0 Å². The van der Waals surface area contributed by atoms with Crippen molar-refractivity contribution in [2.45, 2.75) is 45.8 Å². The number of nitrogens with zero attached hydrogens (tertiary/aromatic N) is 2. The molecule has 1 fully saturated rings. The fourth-order valence-electron chi connectivity index (χ4n) is 2.68. The second-order valence-corrected chi connectivity index (χ2v) is 5.29. The molecule has 0 aromatic carbocycles. The van der Waals surface area contributed by atoms with E-state index >= 15 is 0 Å². The second kappa shape index (κ2) is 5.61. The summed E-state index contributed by atoms with van der Waals surface area (Å²) in [6.45, 7) is 7.39. The fourth-order valence-corrected chi connectivity index (χ4v) is 2.68. The molecular weight excluding hydrogens is 210 g/mol. The van der Waals surface area contributed by atoms with Gasteiger partial charge in [0, 0.05) is 25.3 Å². The van der Waals surface area contributed by atoms with Gasteiger partial charge in [-0.1, -0.05) is 19.9 Å². The van der Waals surface area contributed by atoms with E-state index in [2.05, 4.69) is 35.9 Å². The molecule has 1 aromatic rings. The lowest BCUT2D eigenvalue weighted by Crippen LogP contribution is -2.33. The molecule has 1 atom stereocenters. The van der Waals surface area contributed by atoms with Crippen LogP contribution in [-0.4, -0.2) is 22.5 Å². The van der Waals surface area contributed by atoms with Crippen LogP contribution in [0.3, 0.4) is 0 Å². The van der Waals surface area contributed by atoms with Crippen molar-refractivity contribution in [2.24, 2.45) is 11.7 Å². The summed E-state index contributed by atoms with van der Waals surface area (Å²) in [7, 11) is 0. The summed E-state index contributed by atoms with van der Waals surface area (Å²) in [5.41, 5.74) is 7.84. The van der Waals surface area contributed by atoms with Gasteiger partial charge in [0.15, 0.2) is 0 Å². The first-order valence-electron chi connectivity index (χ1n) is 6.58. The maximum absolute atomic E-state index is 5.57. The highest BCUT2D eigenvalue weighted by molar-refractivity contribution is 5.13. The number of likely N-dealkylation sites (tertiary alicyclic amines) is 1. The molecule has 1 aromatic heterocycles. The predicted molar refractivity (Wildman–Crippen MR) is 70.4 cm³/mol. The summed E-state index contributed by atoms with van der Waals surface area (Å²) in [6, 6.07) is 4.92. The minimum atomic E-state index is 0.575. The molecule has 94 valence electrons. The summed E-state index contributed by atoms with van der Waals surface area (Å²) >= 11 is 0. The third-order valence-corrected chi connectivity index (χ3v) is 3.67. The molecular formula is C14H23N3. The topological polar surface area (TPSA) is 42.1 Å². The van der Waals surface area contributed by atoms with Gasteiger partial charge in [-0.05, 0) is 36.9 Å². The number of rotatable bonds is 4. The van der Waals surface area contributed by atoms with E-state index in [0.717, 1.165) is 29.8 Å². The molecule has 0 radical (unpaired) electrons. The summed E-state index contributed by atoms with van der Waals surface area (Å²) in [6.07, 6.45) is 4.55. The standard InChI is InChI=1S/C14H23N3/c1-11(2)14-4-3-7-17(14)10-13-6-5-12(8-15)9-16-13/h5-6,9,11,14H,3-4,7-8,10,15H2,1-2H3. The van der Waals surface area contributed by atoms with Crippen molar-refractivity contribution < 1.29 is 0 Å². The highest BCUT2D eigenvalue weighted by Gasteiger charge is 2.26. The molecule has 1 aliphatic heterocycles. The maximum atomic E-state index is 5.57. The van der Waals surface area contributed by atoms with Crippen LogP contribution >= 0.6 is 0 Å². The second-order valence-electron chi connectivity index (χ2n) is 5.29. The number of pyridine rings is 1. The Morgan fingerprint density at radius 2 is 2.29 bits per heavy atom. The summed E-state index contributed by atoms with van der Waals surface area (Å²) in [5.74, 6) is 0.737. The number of hydrogen-bond acceptors (Lipinski definition) is 3. The van der Waals surface area contributed by atoms with Crippen LogP contribution in [0.2, 0.25) is 0 Å². The molecule has 0 bridgehead atoms. The van der Waals surface area contributed by atoms with E-state index in [-0.39, 0.29) is 0 Å². The largest absolute Gasteiger partial charge is 0.326 e. The Morgan fingerprint density at radius 3 is 2.88 bits per heavy atom. The predicted octanol–water partition coefficient (Wildman–Crippen LogP) is 2.16. The van der Waals surface area contributed by atoms with Gasteiger partial charge in [-0.3, -0.25) is 9.88 Å². The van der Waals surface area contributed by atoms with Crippen LogP contribution in [0.5, 0.6) is 0 Å². The Balaban J connectivity index is 1.99. The van der Waals surface area contributed by atoms with Gasteiger partial charge in [0.05, 0.1) is 5.69 Å². The molecule has 0 spiro atoms. The Bertz CT molecular complexity index is 345. The van der Waals surface area contributed by atoms with Gasteiger partial charge < -0.3 is 5.73 Å². The van der Waals surface area contributed by atoms with Crippen LogP contribution in [0.1, 0.15) is 37.9 Å². The zero-order valence-electron chi connectivity index (χ0n) is 10.9. The van der Waals surface area contributed by atoms with Gasteiger partial charge in [0.25, 0.3) is 0 Å². The summed E-state index contributed by atoms with van der Waals surface area (Å²) in [5, 5.41) is 0. The molecule has 3 nitrogen and oxygen atoms in total. The number of nitrogens with two attached hydrogens (primary N) is 1. The first kappa shape index (κ1) is 12.5. The minimum absolute atomic E-state index is 0.575. The lowest BCUT2D eigenvalue weighted by atomic mass is 10.0. The number of hydrogen-bond donors (Lipinski definition) is 1. The van der Waals surface area contributed by atoms with Crippen molar-refractivity contribution in [3.05, 3.63) is 29.6 Å². The third kappa shape index (κ3) is 3.05. The molecule has 1 unspecified atom stereocenters. The summed E-state index contributed by atoms with van der Waals surface area (Å²) in [4.78, 5) is 7.05. The molecule has 2 N–H and O–H groups in total. The van der Waals surface area contributed by atoms with Gasteiger partial charge in [-0.15, -0.1) is 0 Å². The molecule has 2 rings (SSSR count). The van der Waals surface area contributed by atoms with Crippen LogP contribution in [-0.2, 0) is 13.1 Å². The molecule has 0 aliphatic carbocycles. The van der Waals surface area contributed by atoms with E-state index < -0.39 is 0 Å². The first-order valence-corrected chi connectivity index (χ1v) is 6.58. The van der Waals surface area contributed by atoms with Crippen molar-refractivity contribution >= 4 is 0 Å². The van der Waals surface area contributed by atoms with Crippen molar-refractivity contribution in [3.8, 4) is 0 Å². The third-order valence-electron chi connectivity index (χ3n) is 3.67. The molecule has 17 heavy (non-hydrogen) atoms. The lowest BCUT2D eigenvalue weighted by molar-refractivity contribution is 0.196. The first-order chi connectivity index (χ1) is 8.20. The Morgan fingerprint density at radius 1 is 1.47 bits per heavy atom. The SMILES string of the molecule is CC(C)C1CCCN1Cc1ccc(CN)cn1. The van der Waals surface area contributed by atoms with Crippen molar-refractivity contribution in [2.75, 3.05) is 6.54 Å². The van der Waals surface area contributed by atoms with E-state index in [1.165, 1.54) is 19.4 Å². The highest BCUT2D eigenvalue weighted by atomic mass is 15.2. The van der Waals surface area contributed by atoms with Crippen LogP contribution < -0.4 is 5.73 Å². The van der Waals surface area contributed by atoms with Crippen molar-refractivity contribution in [3.63, 3.8) is 0 Å². The average Bonchev–Trinajstić information content (AvgIpc) is 2.78. The van der Waals surface area contributed by atoms with Crippen molar-refractivity contribution in [1.29, 1.82) is 0 Å². The normalized spacial score (nSPS) is 21.3. The van der Waals surface area contributed by atoms with Gasteiger partial charge in [0.1, 0.15) is 0 Å². The lowest BCUT2D eigenvalue weighted by Gasteiger charge is -2.27. The van der Waals surface area contributed by atoms with Crippen molar-refractivity contribution in [1.82, 2.24) is 9.88 Å².